The molecule has 1 aromatic rings. The van der Waals surface area contributed by atoms with E-state index in [1.54, 1.807) is 0 Å². The molecule has 94 valence electrons. The quantitative estimate of drug-likeness (QED) is 0.803. The van der Waals surface area contributed by atoms with Crippen molar-refractivity contribution >= 4 is 28.9 Å². The topological polar surface area (TPSA) is 12.0 Å². The van der Waals surface area contributed by atoms with Gasteiger partial charge in [0.25, 0.3) is 0 Å². The van der Waals surface area contributed by atoms with E-state index in [9.17, 15) is 17.6 Å². The maximum atomic E-state index is 13.2. The van der Waals surface area contributed by atoms with Crippen molar-refractivity contribution in [2.45, 2.75) is 6.18 Å². The number of halogens is 6. The Morgan fingerprint density at radius 3 is 2.53 bits per heavy atom. The van der Waals surface area contributed by atoms with E-state index in [1.165, 1.54) is 0 Å². The summed E-state index contributed by atoms with van der Waals surface area (Å²) in [5.41, 5.74) is -0.177. The summed E-state index contributed by atoms with van der Waals surface area (Å²) in [5, 5.41) is 2.57. The maximum Gasteiger partial charge on any atom is 0.416 e. The van der Waals surface area contributed by atoms with Crippen LogP contribution in [0.15, 0.2) is 28.8 Å². The molecule has 7 heteroatoms. The van der Waals surface area contributed by atoms with E-state index in [0.717, 1.165) is 11.6 Å². The molecule has 0 amide bonds. The molecule has 0 unspecified atom stereocenters. The smallest absolute Gasteiger partial charge is 0.378 e. The highest BCUT2D eigenvalue weighted by molar-refractivity contribution is 6.36. The highest BCUT2D eigenvalue weighted by atomic mass is 35.5. The predicted octanol–water partition coefficient (Wildman–Crippen LogP) is 4.58. The van der Waals surface area contributed by atoms with Gasteiger partial charge in [-0.15, -0.1) is 0 Å². The largest absolute Gasteiger partial charge is 0.416 e. The Balaban J connectivity index is 2.91. The minimum Gasteiger partial charge on any atom is -0.378 e. The third-order valence-corrected chi connectivity index (χ3v) is 2.48. The number of rotatable bonds is 3. The van der Waals surface area contributed by atoms with E-state index < -0.39 is 17.6 Å². The summed E-state index contributed by atoms with van der Waals surface area (Å²) in [5.74, 6) is -0.794. The Morgan fingerprint density at radius 1 is 1.35 bits per heavy atom. The first kappa shape index (κ1) is 14.1. The molecule has 0 bridgehead atoms. The lowest BCUT2D eigenvalue weighted by Crippen LogP contribution is -2.08. The normalized spacial score (nSPS) is 12.7. The molecule has 0 spiro atoms. The van der Waals surface area contributed by atoms with Gasteiger partial charge in [0, 0.05) is 10.6 Å². The summed E-state index contributed by atoms with van der Waals surface area (Å²) in [6.45, 7) is -0.0523. The average Bonchev–Trinajstić information content (AvgIpc) is 2.26. The van der Waals surface area contributed by atoms with Crippen molar-refractivity contribution in [3.63, 3.8) is 0 Å². The number of alkyl halides is 3. The van der Waals surface area contributed by atoms with E-state index in [2.05, 4.69) is 5.32 Å². The molecule has 0 aliphatic rings. The SMILES string of the molecule is Fc1ccc(C(F)(F)F)cc1NCC(Cl)=CCl. The van der Waals surface area contributed by atoms with Gasteiger partial charge < -0.3 is 5.32 Å². The Labute approximate surface area is 105 Å². The van der Waals surface area contributed by atoms with E-state index in [0.29, 0.717) is 12.1 Å². The zero-order chi connectivity index (χ0) is 13.1. The summed E-state index contributed by atoms with van der Waals surface area (Å²) in [7, 11) is 0. The van der Waals surface area contributed by atoms with Crippen LogP contribution in [-0.2, 0) is 6.18 Å². The van der Waals surface area contributed by atoms with Gasteiger partial charge in [-0.3, -0.25) is 0 Å². The summed E-state index contributed by atoms with van der Waals surface area (Å²) >= 11 is 10.8. The molecule has 0 radical (unpaired) electrons. The minimum atomic E-state index is -4.52. The zero-order valence-electron chi connectivity index (χ0n) is 8.28. The van der Waals surface area contributed by atoms with Crippen LogP contribution in [0.5, 0.6) is 0 Å². The number of nitrogens with one attached hydrogen (secondary N) is 1. The molecular weight excluding hydrogens is 281 g/mol. The second-order valence-electron chi connectivity index (χ2n) is 3.10. The lowest BCUT2D eigenvalue weighted by Gasteiger charge is -2.11. The van der Waals surface area contributed by atoms with Crippen LogP contribution < -0.4 is 5.32 Å². The van der Waals surface area contributed by atoms with Gasteiger partial charge in [0.1, 0.15) is 5.82 Å². The van der Waals surface area contributed by atoms with Gasteiger partial charge in [0.2, 0.25) is 0 Å². The second kappa shape index (κ2) is 5.60. The molecule has 0 fully saturated rings. The monoisotopic (exact) mass is 287 g/mol. The molecule has 0 aliphatic heterocycles. The fourth-order valence-corrected chi connectivity index (χ4v) is 1.20. The number of benzene rings is 1. The minimum absolute atomic E-state index is 0.0523. The van der Waals surface area contributed by atoms with E-state index in [-0.39, 0.29) is 17.3 Å². The Hall–Kier alpha value is -0.940. The predicted molar refractivity (Wildman–Crippen MR) is 59.7 cm³/mol. The number of hydrogen-bond donors (Lipinski definition) is 1. The van der Waals surface area contributed by atoms with Gasteiger partial charge in [-0.05, 0) is 18.2 Å². The number of hydrogen-bond acceptors (Lipinski definition) is 1. The first-order valence-corrected chi connectivity index (χ1v) is 5.21. The highest BCUT2D eigenvalue weighted by Gasteiger charge is 2.31. The van der Waals surface area contributed by atoms with Crippen molar-refractivity contribution in [1.82, 2.24) is 0 Å². The molecule has 1 N–H and O–H groups in total. The van der Waals surface area contributed by atoms with Crippen LogP contribution in [0.1, 0.15) is 5.56 Å². The molecule has 0 saturated carbocycles. The van der Waals surface area contributed by atoms with Gasteiger partial charge in [-0.1, -0.05) is 23.2 Å². The summed E-state index contributed by atoms with van der Waals surface area (Å²) < 4.78 is 50.3. The first-order chi connectivity index (χ1) is 7.84. The Morgan fingerprint density at radius 2 is 2.00 bits per heavy atom. The Kier molecular flexibility index (Phi) is 4.65. The molecule has 0 atom stereocenters. The van der Waals surface area contributed by atoms with Crippen LogP contribution in [0, 0.1) is 5.82 Å². The van der Waals surface area contributed by atoms with Gasteiger partial charge in [-0.2, -0.15) is 13.2 Å². The summed E-state index contributed by atoms with van der Waals surface area (Å²) in [4.78, 5) is 0. The van der Waals surface area contributed by atoms with Crippen molar-refractivity contribution in [1.29, 1.82) is 0 Å². The third-order valence-electron chi connectivity index (χ3n) is 1.86. The van der Waals surface area contributed by atoms with Crippen molar-refractivity contribution in [3.05, 3.63) is 40.1 Å². The molecule has 0 saturated heterocycles. The molecule has 0 aliphatic carbocycles. The van der Waals surface area contributed by atoms with Crippen molar-refractivity contribution < 1.29 is 17.6 Å². The molecular formula is C10H7Cl2F4N. The molecule has 1 rings (SSSR count). The van der Waals surface area contributed by atoms with E-state index >= 15 is 0 Å². The fourth-order valence-electron chi connectivity index (χ4n) is 1.06. The highest BCUT2D eigenvalue weighted by Crippen LogP contribution is 2.31. The van der Waals surface area contributed by atoms with Crippen LogP contribution in [0.2, 0.25) is 0 Å². The van der Waals surface area contributed by atoms with Crippen LogP contribution in [0.3, 0.4) is 0 Å². The number of anilines is 1. The summed E-state index contributed by atoms with van der Waals surface area (Å²) in [6, 6.07) is 2.08. The third kappa shape index (κ3) is 4.09. The molecule has 1 nitrogen and oxygen atoms in total. The molecule has 0 aromatic heterocycles. The van der Waals surface area contributed by atoms with Crippen molar-refractivity contribution in [2.24, 2.45) is 0 Å². The lowest BCUT2D eigenvalue weighted by molar-refractivity contribution is -0.137. The molecule has 17 heavy (non-hydrogen) atoms. The van der Waals surface area contributed by atoms with Gasteiger partial charge >= 0.3 is 6.18 Å². The van der Waals surface area contributed by atoms with Crippen molar-refractivity contribution in [3.8, 4) is 0 Å². The summed E-state index contributed by atoms with van der Waals surface area (Å²) in [6.07, 6.45) is -4.52. The molecule has 0 heterocycles. The van der Waals surface area contributed by atoms with Crippen LogP contribution >= 0.6 is 23.2 Å². The molecule has 1 aromatic carbocycles. The van der Waals surface area contributed by atoms with Gasteiger partial charge in [0.15, 0.2) is 0 Å². The fraction of sp³-hybridized carbons (Fsp3) is 0.200. The average molecular weight is 288 g/mol. The van der Waals surface area contributed by atoms with Crippen LogP contribution in [0.25, 0.3) is 0 Å². The van der Waals surface area contributed by atoms with Crippen LogP contribution in [-0.4, -0.2) is 6.54 Å². The van der Waals surface area contributed by atoms with E-state index in [1.807, 2.05) is 0 Å². The Bertz CT molecular complexity index is 429. The maximum absolute atomic E-state index is 13.2. The second-order valence-corrected chi connectivity index (χ2v) is 3.81. The van der Waals surface area contributed by atoms with Gasteiger partial charge in [0.05, 0.1) is 17.8 Å². The zero-order valence-corrected chi connectivity index (χ0v) is 9.80. The standard InChI is InChI=1S/C10H7Cl2F4N/c11-4-7(12)5-17-9-3-6(10(14,15)16)1-2-8(9)13/h1-4,17H,5H2. The lowest BCUT2D eigenvalue weighted by atomic mass is 10.2. The van der Waals surface area contributed by atoms with E-state index in [4.69, 9.17) is 23.2 Å². The van der Waals surface area contributed by atoms with Gasteiger partial charge in [-0.25, -0.2) is 4.39 Å². The van der Waals surface area contributed by atoms with Crippen molar-refractivity contribution in [2.75, 3.05) is 11.9 Å². The van der Waals surface area contributed by atoms with Crippen LogP contribution in [0.4, 0.5) is 23.2 Å². The first-order valence-electron chi connectivity index (χ1n) is 4.40.